The number of aliphatic hydroxyl groups is 3. The van der Waals surface area contributed by atoms with Crippen LogP contribution in [-0.2, 0) is 4.79 Å². The molecule has 32 heavy (non-hydrogen) atoms. The van der Waals surface area contributed by atoms with E-state index in [1.165, 1.54) is 0 Å². The van der Waals surface area contributed by atoms with Gasteiger partial charge in [-0.1, -0.05) is 13.8 Å². The molecule has 1 heterocycles. The molecular formula is C23H35ClN4O4. The highest BCUT2D eigenvalue weighted by atomic mass is 35.5. The minimum absolute atomic E-state index is 0.104. The van der Waals surface area contributed by atoms with E-state index in [0.717, 1.165) is 31.6 Å². The summed E-state index contributed by atoms with van der Waals surface area (Å²) in [4.78, 5) is 16.3. The number of carbonyl (C=O) groups is 1. The van der Waals surface area contributed by atoms with E-state index < -0.39 is 17.7 Å². The van der Waals surface area contributed by atoms with Crippen molar-refractivity contribution in [2.24, 2.45) is 11.3 Å². The zero-order chi connectivity index (χ0) is 23.7. The van der Waals surface area contributed by atoms with Crippen LogP contribution in [0.2, 0.25) is 0 Å². The zero-order valence-electron chi connectivity index (χ0n) is 18.9. The van der Waals surface area contributed by atoms with E-state index in [9.17, 15) is 20.1 Å². The molecule has 0 bridgehead atoms. The molecule has 1 aromatic rings. The summed E-state index contributed by atoms with van der Waals surface area (Å²) in [5.74, 6) is 0.0849. The van der Waals surface area contributed by atoms with E-state index in [4.69, 9.17) is 16.9 Å². The molecule has 1 aliphatic rings. The lowest BCUT2D eigenvalue weighted by Gasteiger charge is -2.36. The fourth-order valence-electron chi connectivity index (χ4n) is 3.81. The van der Waals surface area contributed by atoms with Crippen molar-refractivity contribution >= 4 is 23.2 Å². The Labute approximate surface area is 195 Å². The van der Waals surface area contributed by atoms with Crippen LogP contribution < -0.4 is 10.2 Å². The Bertz CT molecular complexity index is 760. The number of aliphatic hydroxyl groups excluding tert-OH is 3. The highest BCUT2D eigenvalue weighted by molar-refractivity contribution is 6.27. The Morgan fingerprint density at radius 3 is 2.47 bits per heavy atom. The highest BCUT2D eigenvalue weighted by Crippen LogP contribution is 2.24. The topological polar surface area (TPSA) is 120 Å². The Balaban J connectivity index is 1.83. The zero-order valence-corrected chi connectivity index (χ0v) is 19.6. The SMILES string of the molecule is CC(C)(CO)[C@@H](O)C(O)NCCN(CC1CCN(c2ccc(C#N)cc2)CC1)C(=O)CCl. The molecule has 1 fully saturated rings. The van der Waals surface area contributed by atoms with Crippen molar-refractivity contribution in [3.63, 3.8) is 0 Å². The van der Waals surface area contributed by atoms with Crippen molar-refractivity contribution in [1.29, 1.82) is 5.26 Å². The number of hydrogen-bond donors (Lipinski definition) is 4. The number of rotatable bonds is 11. The number of piperidine rings is 1. The Morgan fingerprint density at radius 1 is 1.31 bits per heavy atom. The normalized spacial score (nSPS) is 17.0. The van der Waals surface area contributed by atoms with Crippen LogP contribution in [0, 0.1) is 22.7 Å². The van der Waals surface area contributed by atoms with Gasteiger partial charge >= 0.3 is 0 Å². The number of benzene rings is 1. The maximum Gasteiger partial charge on any atom is 0.237 e. The van der Waals surface area contributed by atoms with Crippen LogP contribution in [-0.4, -0.2) is 83.7 Å². The summed E-state index contributed by atoms with van der Waals surface area (Å²) in [6, 6.07) is 9.70. The number of halogens is 1. The molecule has 1 saturated heterocycles. The summed E-state index contributed by atoms with van der Waals surface area (Å²) in [7, 11) is 0. The average Bonchev–Trinajstić information content (AvgIpc) is 2.82. The van der Waals surface area contributed by atoms with Gasteiger partial charge in [0.25, 0.3) is 0 Å². The van der Waals surface area contributed by atoms with Gasteiger partial charge in [-0.3, -0.25) is 10.1 Å². The Morgan fingerprint density at radius 2 is 1.94 bits per heavy atom. The Hall–Kier alpha value is -1.89. The van der Waals surface area contributed by atoms with E-state index in [-0.39, 0.29) is 18.4 Å². The third kappa shape index (κ3) is 7.32. The second-order valence-corrected chi connectivity index (χ2v) is 9.32. The summed E-state index contributed by atoms with van der Waals surface area (Å²) < 4.78 is 0. The molecule has 0 spiro atoms. The van der Waals surface area contributed by atoms with Gasteiger partial charge < -0.3 is 25.1 Å². The van der Waals surface area contributed by atoms with Crippen molar-refractivity contribution in [3.8, 4) is 6.07 Å². The van der Waals surface area contributed by atoms with E-state index >= 15 is 0 Å². The van der Waals surface area contributed by atoms with Gasteiger partial charge in [0.15, 0.2) is 0 Å². The second kappa shape index (κ2) is 12.4. The first-order valence-corrected chi connectivity index (χ1v) is 11.5. The fourth-order valence-corrected chi connectivity index (χ4v) is 3.98. The van der Waals surface area contributed by atoms with Crippen LogP contribution in [0.15, 0.2) is 24.3 Å². The third-order valence-corrected chi connectivity index (χ3v) is 6.39. The summed E-state index contributed by atoms with van der Waals surface area (Å²) >= 11 is 5.80. The summed E-state index contributed by atoms with van der Waals surface area (Å²) in [6.07, 6.45) is -0.478. The average molecular weight is 467 g/mol. The van der Waals surface area contributed by atoms with Crippen LogP contribution in [0.3, 0.4) is 0 Å². The van der Waals surface area contributed by atoms with Crippen molar-refractivity contribution in [2.45, 2.75) is 39.0 Å². The number of anilines is 1. The van der Waals surface area contributed by atoms with Gasteiger partial charge in [0.1, 0.15) is 18.2 Å². The third-order valence-electron chi connectivity index (χ3n) is 6.16. The lowest BCUT2D eigenvalue weighted by Crippen LogP contribution is -2.51. The molecule has 0 aliphatic carbocycles. The van der Waals surface area contributed by atoms with Crippen molar-refractivity contribution in [3.05, 3.63) is 29.8 Å². The predicted molar refractivity (Wildman–Crippen MR) is 124 cm³/mol. The Kier molecular flexibility index (Phi) is 10.2. The molecule has 0 aromatic heterocycles. The number of nitriles is 1. The van der Waals surface area contributed by atoms with Crippen LogP contribution in [0.5, 0.6) is 0 Å². The second-order valence-electron chi connectivity index (χ2n) is 9.05. The van der Waals surface area contributed by atoms with Gasteiger partial charge in [-0.05, 0) is 43.0 Å². The van der Waals surface area contributed by atoms with Gasteiger partial charge in [-0.15, -0.1) is 11.6 Å². The number of hydrogen-bond acceptors (Lipinski definition) is 7. The van der Waals surface area contributed by atoms with Crippen LogP contribution >= 0.6 is 11.6 Å². The first kappa shape index (κ1) is 26.4. The van der Waals surface area contributed by atoms with E-state index in [1.54, 1.807) is 18.7 Å². The van der Waals surface area contributed by atoms with Crippen molar-refractivity contribution < 1.29 is 20.1 Å². The van der Waals surface area contributed by atoms with Gasteiger partial charge in [-0.2, -0.15) is 5.26 Å². The molecule has 8 nitrogen and oxygen atoms in total. The van der Waals surface area contributed by atoms with Gasteiger partial charge in [0.05, 0.1) is 18.2 Å². The van der Waals surface area contributed by atoms with Crippen molar-refractivity contribution in [2.75, 3.05) is 50.1 Å². The predicted octanol–water partition coefficient (Wildman–Crippen LogP) is 1.13. The summed E-state index contributed by atoms with van der Waals surface area (Å²) in [5.41, 5.74) is 0.893. The van der Waals surface area contributed by atoms with Crippen LogP contribution in [0.1, 0.15) is 32.3 Å². The maximum absolute atomic E-state index is 12.3. The lowest BCUT2D eigenvalue weighted by molar-refractivity contribution is -0.129. The van der Waals surface area contributed by atoms with Gasteiger partial charge in [-0.25, -0.2) is 0 Å². The molecule has 1 unspecified atom stereocenters. The molecule has 1 aliphatic heterocycles. The quantitative estimate of drug-likeness (QED) is 0.285. The number of carbonyl (C=O) groups excluding carboxylic acids is 1. The smallest absolute Gasteiger partial charge is 0.237 e. The van der Waals surface area contributed by atoms with Gasteiger partial charge in [0.2, 0.25) is 5.91 Å². The molecule has 9 heteroatoms. The van der Waals surface area contributed by atoms with Crippen LogP contribution in [0.4, 0.5) is 5.69 Å². The van der Waals surface area contributed by atoms with Crippen LogP contribution in [0.25, 0.3) is 0 Å². The monoisotopic (exact) mass is 466 g/mol. The molecule has 1 amide bonds. The fraction of sp³-hybridized carbons (Fsp3) is 0.652. The molecule has 0 saturated carbocycles. The maximum atomic E-state index is 12.3. The first-order chi connectivity index (χ1) is 15.2. The summed E-state index contributed by atoms with van der Waals surface area (Å²) in [6.45, 7) is 6.07. The standard InChI is InChI=1S/C23H35ClN4O4/c1-23(2,16-29)21(31)22(32)26-9-12-28(20(30)13-24)15-18-7-10-27(11-8-18)19-5-3-17(14-25)4-6-19/h3-6,18,21-22,26,29,31-32H,7-13,15-16H2,1-2H3/t21-,22?/m0/s1. The van der Waals surface area contributed by atoms with E-state index in [2.05, 4.69) is 16.3 Å². The molecule has 2 rings (SSSR count). The molecule has 4 N–H and O–H groups in total. The number of nitrogens with one attached hydrogen (secondary N) is 1. The van der Waals surface area contributed by atoms with E-state index in [1.807, 2.05) is 24.3 Å². The molecule has 178 valence electrons. The largest absolute Gasteiger partial charge is 0.396 e. The summed E-state index contributed by atoms with van der Waals surface area (Å²) in [5, 5.41) is 41.5. The minimum atomic E-state index is -1.21. The molecule has 0 radical (unpaired) electrons. The minimum Gasteiger partial charge on any atom is -0.396 e. The number of alkyl halides is 1. The molecule has 2 atom stereocenters. The number of amides is 1. The van der Waals surface area contributed by atoms with Crippen molar-refractivity contribution in [1.82, 2.24) is 10.2 Å². The van der Waals surface area contributed by atoms with Gasteiger partial charge in [0, 0.05) is 43.8 Å². The molecule has 1 aromatic carbocycles. The number of nitrogens with zero attached hydrogens (tertiary/aromatic N) is 3. The highest BCUT2D eigenvalue weighted by Gasteiger charge is 2.33. The first-order valence-electron chi connectivity index (χ1n) is 11.0. The molecular weight excluding hydrogens is 432 g/mol. The van der Waals surface area contributed by atoms with E-state index in [0.29, 0.717) is 31.1 Å². The lowest BCUT2D eigenvalue weighted by atomic mass is 9.86.